The highest BCUT2D eigenvalue weighted by atomic mass is 14.3. The summed E-state index contributed by atoms with van der Waals surface area (Å²) in [5, 5.41) is 0. The molecule has 0 heterocycles. The maximum absolute atomic E-state index is 2.64. The van der Waals surface area contributed by atoms with Gasteiger partial charge >= 0.3 is 0 Å². The quantitative estimate of drug-likeness (QED) is 0.0374. The zero-order valence-corrected chi connectivity index (χ0v) is 55.1. The first kappa shape index (κ1) is 63.0. The summed E-state index contributed by atoms with van der Waals surface area (Å²) in [5.74, 6) is 0.124. The Kier molecular flexibility index (Phi) is 21.2. The highest BCUT2D eigenvalue weighted by Gasteiger charge is 2.23. The van der Waals surface area contributed by atoms with E-state index in [1.165, 1.54) is 196 Å². The fraction of sp³-hybridized carbons (Fsp3) is 0.267. The van der Waals surface area contributed by atoms with Crippen molar-refractivity contribution in [3.8, 4) is 66.8 Å². The largest absolute Gasteiger partial charge is 0.0654 e. The molecule has 0 aliphatic rings. The van der Waals surface area contributed by atoms with Crippen LogP contribution in [0.4, 0.5) is 0 Å². The minimum absolute atomic E-state index is 0.0620. The smallest absolute Gasteiger partial charge is 0.0340 e. The molecule has 11 aromatic carbocycles. The van der Waals surface area contributed by atoms with Crippen molar-refractivity contribution in [2.45, 2.75) is 157 Å². The second kappa shape index (κ2) is 30.3. The van der Waals surface area contributed by atoms with Crippen molar-refractivity contribution in [1.29, 1.82) is 0 Å². The highest BCUT2D eigenvalue weighted by Crippen LogP contribution is 2.43. The number of hydrogen-bond donors (Lipinski definition) is 0. The molecule has 0 nitrogen and oxygen atoms in total. The third-order valence-electron chi connectivity index (χ3n) is 19.1. The Morgan fingerprint density at radius 3 is 0.756 bits per heavy atom. The van der Waals surface area contributed by atoms with Gasteiger partial charge in [0, 0.05) is 11.8 Å². The summed E-state index contributed by atoms with van der Waals surface area (Å²) >= 11 is 0. The number of aryl methyl sites for hydroxylation is 8. The van der Waals surface area contributed by atoms with E-state index < -0.39 is 0 Å². The average Bonchev–Trinajstić information content (AvgIpc) is 0.856. The predicted molar refractivity (Wildman–Crippen MR) is 389 cm³/mol. The Hall–Kier alpha value is -8.58. The van der Waals surface area contributed by atoms with Crippen LogP contribution in [0, 0.1) is 27.7 Å². The van der Waals surface area contributed by atoms with E-state index in [1.54, 1.807) is 0 Å². The molecule has 2 atom stereocenters. The van der Waals surface area contributed by atoms with Crippen LogP contribution in [0.5, 0.6) is 0 Å². The van der Waals surface area contributed by atoms with E-state index >= 15 is 0 Å². The van der Waals surface area contributed by atoms with Gasteiger partial charge < -0.3 is 0 Å². The minimum Gasteiger partial charge on any atom is -0.0654 e. The summed E-state index contributed by atoms with van der Waals surface area (Å²) in [5.41, 5.74) is 34.3. The van der Waals surface area contributed by atoms with E-state index in [-0.39, 0.29) is 11.8 Å². The zero-order valence-electron chi connectivity index (χ0n) is 55.1. The lowest BCUT2D eigenvalue weighted by Crippen LogP contribution is -2.06. The van der Waals surface area contributed by atoms with E-state index in [0.717, 1.165) is 38.5 Å². The van der Waals surface area contributed by atoms with Gasteiger partial charge in [-0.15, -0.1) is 0 Å². The molecule has 0 bridgehead atoms. The number of hydrogen-bond acceptors (Lipinski definition) is 0. The third kappa shape index (κ3) is 15.2. The lowest BCUT2D eigenvalue weighted by molar-refractivity contribution is 0.664. The van der Waals surface area contributed by atoms with Crippen molar-refractivity contribution in [1.82, 2.24) is 0 Å². The van der Waals surface area contributed by atoms with Gasteiger partial charge in [0.2, 0.25) is 0 Å². The Morgan fingerprint density at radius 2 is 0.489 bits per heavy atom. The van der Waals surface area contributed by atoms with E-state index in [9.17, 15) is 0 Å². The van der Waals surface area contributed by atoms with Crippen LogP contribution in [-0.4, -0.2) is 0 Å². The number of benzene rings is 11. The molecule has 0 fully saturated rings. The first-order chi connectivity index (χ1) is 44.1. The number of rotatable bonds is 26. The maximum Gasteiger partial charge on any atom is 0.0340 e. The topological polar surface area (TPSA) is 0 Å². The average molecular weight is 1180 g/mol. The monoisotopic (exact) mass is 1170 g/mol. The second-order valence-corrected chi connectivity index (χ2v) is 25.9. The molecular formula is C90H94. The van der Waals surface area contributed by atoms with Gasteiger partial charge in [0.25, 0.3) is 0 Å². The Balaban J connectivity index is 0.976. The molecule has 11 aromatic rings. The van der Waals surface area contributed by atoms with Crippen molar-refractivity contribution in [2.24, 2.45) is 0 Å². The van der Waals surface area contributed by atoms with Gasteiger partial charge in [-0.05, 0) is 200 Å². The lowest BCUT2D eigenvalue weighted by atomic mass is 9.80. The molecule has 2 unspecified atom stereocenters. The summed E-state index contributed by atoms with van der Waals surface area (Å²) < 4.78 is 0. The molecular weight excluding hydrogens is 1080 g/mol. The molecule has 90 heavy (non-hydrogen) atoms. The van der Waals surface area contributed by atoms with Crippen LogP contribution >= 0.6 is 0 Å². The summed E-state index contributed by atoms with van der Waals surface area (Å²) in [6.07, 6.45) is 16.5. The summed E-state index contributed by atoms with van der Waals surface area (Å²) in [4.78, 5) is 0. The Bertz CT molecular complexity index is 3790. The molecule has 0 saturated heterocycles. The van der Waals surface area contributed by atoms with Crippen molar-refractivity contribution in [3.05, 3.63) is 321 Å². The minimum atomic E-state index is 0.0620. The van der Waals surface area contributed by atoms with Gasteiger partial charge in [-0.25, -0.2) is 0 Å². The standard InChI is InChI=1S/C90H94/c1-9-13-15-17-21-81-61-88(86-58-56-84(60-66(86)8)90(78-49-41-74(42-50-78)70-33-25-64(6)26-34-70)80-53-45-76(46-54-80)72-37-29-68(20-12-4)30-38-72)82(22-18-16-14-10-2)62-87(81)85-57-55-83(59-65(85)7)89(77-47-39-73(40-48-77)69-31-23-63(5)24-32-69)79-51-43-75(44-52-79)71-35-27-67(19-11-3)28-36-71/h23-62,89-90H,9-22H2,1-8H3. The molecule has 0 aliphatic carbocycles. The maximum atomic E-state index is 2.64. The first-order valence-electron chi connectivity index (χ1n) is 34.2. The molecule has 0 amide bonds. The first-order valence-corrected chi connectivity index (χ1v) is 34.2. The van der Waals surface area contributed by atoms with E-state index in [0.29, 0.717) is 0 Å². The molecule has 11 rings (SSSR count). The SMILES string of the molecule is CCCCCCc1cc(-c2ccc(C(c3ccc(-c4ccc(C)cc4)cc3)c3ccc(-c4ccc(CCC)cc4)cc3)cc2C)c(CCCCCC)cc1-c1ccc(C(c2ccc(-c3ccc(C)cc3)cc2)c2ccc(-c3ccc(CCC)cc3)cc2)cc1C. The van der Waals surface area contributed by atoms with Crippen LogP contribution in [-0.2, 0) is 25.7 Å². The Labute approximate surface area is 541 Å². The summed E-state index contributed by atoms with van der Waals surface area (Å²) in [6.45, 7) is 18.2. The summed E-state index contributed by atoms with van der Waals surface area (Å²) in [6, 6.07) is 93.9. The molecule has 454 valence electrons. The third-order valence-corrected chi connectivity index (χ3v) is 19.1. The van der Waals surface area contributed by atoms with Gasteiger partial charge in [-0.2, -0.15) is 0 Å². The molecule has 0 aliphatic heterocycles. The fourth-order valence-corrected chi connectivity index (χ4v) is 13.9. The van der Waals surface area contributed by atoms with Gasteiger partial charge in [-0.1, -0.05) is 333 Å². The normalized spacial score (nSPS) is 12.1. The van der Waals surface area contributed by atoms with Crippen LogP contribution in [0.1, 0.15) is 182 Å². The highest BCUT2D eigenvalue weighted by molar-refractivity contribution is 5.81. The van der Waals surface area contributed by atoms with E-state index in [2.05, 4.69) is 298 Å². The van der Waals surface area contributed by atoms with Crippen molar-refractivity contribution in [2.75, 3.05) is 0 Å². The Morgan fingerprint density at radius 1 is 0.222 bits per heavy atom. The van der Waals surface area contributed by atoms with Crippen molar-refractivity contribution < 1.29 is 0 Å². The van der Waals surface area contributed by atoms with Gasteiger partial charge in [0.15, 0.2) is 0 Å². The molecule has 0 heteroatoms. The van der Waals surface area contributed by atoms with Crippen LogP contribution < -0.4 is 0 Å². The van der Waals surface area contributed by atoms with Crippen molar-refractivity contribution >= 4 is 0 Å². The predicted octanol–water partition coefficient (Wildman–Crippen LogP) is 25.4. The van der Waals surface area contributed by atoms with Crippen LogP contribution in [0.25, 0.3) is 66.8 Å². The van der Waals surface area contributed by atoms with E-state index in [1.807, 2.05) is 0 Å². The fourth-order valence-electron chi connectivity index (χ4n) is 13.9. The molecule has 0 N–H and O–H groups in total. The molecule has 0 radical (unpaired) electrons. The molecule has 0 saturated carbocycles. The van der Waals surface area contributed by atoms with Crippen molar-refractivity contribution in [3.63, 3.8) is 0 Å². The van der Waals surface area contributed by atoms with E-state index in [4.69, 9.17) is 0 Å². The van der Waals surface area contributed by atoms with Crippen LogP contribution in [0.2, 0.25) is 0 Å². The van der Waals surface area contributed by atoms with Crippen LogP contribution in [0.15, 0.2) is 243 Å². The summed E-state index contributed by atoms with van der Waals surface area (Å²) in [7, 11) is 0. The van der Waals surface area contributed by atoms with Crippen LogP contribution in [0.3, 0.4) is 0 Å². The molecule has 0 aromatic heterocycles. The van der Waals surface area contributed by atoms with Gasteiger partial charge in [0.1, 0.15) is 0 Å². The zero-order chi connectivity index (χ0) is 62.3. The number of unbranched alkanes of at least 4 members (excludes halogenated alkanes) is 6. The lowest BCUT2D eigenvalue weighted by Gasteiger charge is -2.24. The second-order valence-electron chi connectivity index (χ2n) is 25.9. The van der Waals surface area contributed by atoms with Gasteiger partial charge in [-0.3, -0.25) is 0 Å². The van der Waals surface area contributed by atoms with Gasteiger partial charge in [0.05, 0.1) is 0 Å². The molecule has 0 spiro atoms.